The molecule has 0 unspecified atom stereocenters. The Labute approximate surface area is 167 Å². The van der Waals surface area contributed by atoms with E-state index in [0.29, 0.717) is 18.7 Å². The molecule has 0 aliphatic heterocycles. The number of halogens is 1. The van der Waals surface area contributed by atoms with Crippen LogP contribution in [0.15, 0.2) is 54.6 Å². The Morgan fingerprint density at radius 3 is 2.11 bits per heavy atom. The van der Waals surface area contributed by atoms with Crippen LogP contribution >= 0.6 is 12.4 Å². The molecule has 2 aromatic carbocycles. The number of nitrogens with zero attached hydrogens (tertiary/aromatic N) is 1. The summed E-state index contributed by atoms with van der Waals surface area (Å²) in [4.78, 5) is 25.7. The Morgan fingerprint density at radius 2 is 1.59 bits per heavy atom. The first kappa shape index (κ1) is 22.7. The minimum Gasteiger partial charge on any atom is -0.336 e. The lowest BCUT2D eigenvalue weighted by Crippen LogP contribution is -2.37. The molecule has 146 valence electrons. The van der Waals surface area contributed by atoms with Crippen molar-refractivity contribution in [1.29, 1.82) is 0 Å². The van der Waals surface area contributed by atoms with Gasteiger partial charge in [-0.1, -0.05) is 42.5 Å². The zero-order valence-corrected chi connectivity index (χ0v) is 16.8. The van der Waals surface area contributed by atoms with Crippen molar-refractivity contribution in [3.63, 3.8) is 0 Å². The Hall–Kier alpha value is -2.37. The van der Waals surface area contributed by atoms with Crippen molar-refractivity contribution in [2.24, 2.45) is 5.73 Å². The van der Waals surface area contributed by atoms with Gasteiger partial charge < -0.3 is 16.0 Å². The van der Waals surface area contributed by atoms with Crippen LogP contribution in [0.25, 0.3) is 0 Å². The summed E-state index contributed by atoms with van der Waals surface area (Å²) in [7, 11) is 0. The van der Waals surface area contributed by atoms with Gasteiger partial charge >= 0.3 is 0 Å². The zero-order valence-electron chi connectivity index (χ0n) is 16.0. The van der Waals surface area contributed by atoms with Crippen LogP contribution in [0.4, 0.5) is 5.69 Å². The van der Waals surface area contributed by atoms with E-state index in [0.717, 1.165) is 11.1 Å². The topological polar surface area (TPSA) is 75.4 Å². The second kappa shape index (κ2) is 10.7. The molecule has 27 heavy (non-hydrogen) atoms. The maximum Gasteiger partial charge on any atom is 0.241 e. The molecule has 6 heteroatoms. The first-order valence-corrected chi connectivity index (χ1v) is 8.83. The first-order valence-electron chi connectivity index (χ1n) is 8.83. The molecule has 2 aromatic rings. The molecule has 0 bridgehead atoms. The van der Waals surface area contributed by atoms with Crippen LogP contribution in [-0.2, 0) is 22.6 Å². The lowest BCUT2D eigenvalue weighted by Gasteiger charge is -2.25. The molecule has 2 rings (SSSR count). The summed E-state index contributed by atoms with van der Waals surface area (Å²) in [6.07, 6.45) is 0.493. The summed E-state index contributed by atoms with van der Waals surface area (Å²) in [6.45, 7) is 6.10. The van der Waals surface area contributed by atoms with Crippen molar-refractivity contribution in [2.45, 2.75) is 45.8 Å². The molecule has 5 nitrogen and oxygen atoms in total. The van der Waals surface area contributed by atoms with Crippen LogP contribution in [0.1, 0.15) is 31.9 Å². The molecule has 1 atom stereocenters. The van der Waals surface area contributed by atoms with E-state index < -0.39 is 6.04 Å². The molecule has 0 heterocycles. The third kappa shape index (κ3) is 7.04. The molecule has 0 saturated heterocycles. The van der Waals surface area contributed by atoms with Crippen molar-refractivity contribution in [3.8, 4) is 0 Å². The fraction of sp³-hybridized carbons (Fsp3) is 0.333. The fourth-order valence-corrected chi connectivity index (χ4v) is 2.74. The van der Waals surface area contributed by atoms with Crippen LogP contribution in [0, 0.1) is 0 Å². The minimum atomic E-state index is -0.605. The third-order valence-corrected chi connectivity index (χ3v) is 4.24. The normalized spacial score (nSPS) is 11.4. The van der Waals surface area contributed by atoms with Gasteiger partial charge in [-0.15, -0.1) is 12.4 Å². The molecule has 0 spiro atoms. The van der Waals surface area contributed by atoms with Crippen LogP contribution in [0.3, 0.4) is 0 Å². The quantitative estimate of drug-likeness (QED) is 0.762. The Morgan fingerprint density at radius 1 is 1.00 bits per heavy atom. The maximum absolute atomic E-state index is 12.3. The van der Waals surface area contributed by atoms with E-state index in [-0.39, 0.29) is 30.3 Å². The van der Waals surface area contributed by atoms with Gasteiger partial charge in [0.25, 0.3) is 0 Å². The van der Waals surface area contributed by atoms with E-state index in [9.17, 15) is 9.59 Å². The highest BCUT2D eigenvalue weighted by Crippen LogP contribution is 2.14. The molecule has 0 saturated carbocycles. The summed E-state index contributed by atoms with van der Waals surface area (Å²) < 4.78 is 0. The van der Waals surface area contributed by atoms with Crippen LogP contribution in [-0.4, -0.2) is 28.8 Å². The molecule has 0 fully saturated rings. The molecule has 3 N–H and O–H groups in total. The summed E-state index contributed by atoms with van der Waals surface area (Å²) in [6, 6.07) is 16.7. The van der Waals surface area contributed by atoms with Gasteiger partial charge in [0.1, 0.15) is 0 Å². The fourth-order valence-electron chi connectivity index (χ4n) is 2.74. The zero-order chi connectivity index (χ0) is 19.1. The molecule has 0 aliphatic carbocycles. The molecular weight excluding hydrogens is 362 g/mol. The maximum atomic E-state index is 12.3. The SMILES string of the molecule is CC(=O)N(Cc1ccc(NC(=O)[C@@H](N)Cc2ccccc2)cc1)C(C)C.Cl. The Kier molecular flexibility index (Phi) is 8.98. The van der Waals surface area contributed by atoms with E-state index in [1.807, 2.05) is 68.4 Å². The molecule has 0 radical (unpaired) electrons. The number of hydrogen-bond donors (Lipinski definition) is 2. The number of hydrogen-bond acceptors (Lipinski definition) is 3. The van der Waals surface area contributed by atoms with E-state index >= 15 is 0 Å². The standard InChI is InChI=1S/C21H27N3O2.ClH/c1-15(2)24(16(3)25)14-18-9-11-19(12-10-18)23-21(26)20(22)13-17-7-5-4-6-8-17;/h4-12,15,20H,13-14,22H2,1-3H3,(H,23,26);1H/t20-;/m0./s1. The lowest BCUT2D eigenvalue weighted by atomic mass is 10.1. The van der Waals surface area contributed by atoms with Gasteiger partial charge in [-0.3, -0.25) is 9.59 Å². The number of anilines is 1. The summed E-state index contributed by atoms with van der Waals surface area (Å²) in [5, 5.41) is 2.84. The predicted molar refractivity (Wildman–Crippen MR) is 112 cm³/mol. The number of carbonyl (C=O) groups excluding carboxylic acids is 2. The molecule has 0 aromatic heterocycles. The molecule has 0 aliphatic rings. The van der Waals surface area contributed by atoms with Crippen molar-refractivity contribution in [2.75, 3.05) is 5.32 Å². The van der Waals surface area contributed by atoms with Gasteiger partial charge in [0.2, 0.25) is 11.8 Å². The van der Waals surface area contributed by atoms with E-state index in [4.69, 9.17) is 5.73 Å². The highest BCUT2D eigenvalue weighted by atomic mass is 35.5. The van der Waals surface area contributed by atoms with Crippen molar-refractivity contribution >= 4 is 29.9 Å². The smallest absolute Gasteiger partial charge is 0.241 e. The Bertz CT molecular complexity index is 733. The lowest BCUT2D eigenvalue weighted by molar-refractivity contribution is -0.131. The highest BCUT2D eigenvalue weighted by molar-refractivity contribution is 5.94. The van der Waals surface area contributed by atoms with Crippen LogP contribution in [0.5, 0.6) is 0 Å². The first-order chi connectivity index (χ1) is 12.4. The number of benzene rings is 2. The Balaban J connectivity index is 0.00000364. The van der Waals surface area contributed by atoms with Crippen LogP contribution in [0.2, 0.25) is 0 Å². The van der Waals surface area contributed by atoms with Crippen LogP contribution < -0.4 is 11.1 Å². The monoisotopic (exact) mass is 389 g/mol. The number of rotatable bonds is 7. The minimum absolute atomic E-state index is 0. The van der Waals surface area contributed by atoms with E-state index in [1.54, 1.807) is 11.8 Å². The average molecular weight is 390 g/mol. The van der Waals surface area contributed by atoms with Crippen molar-refractivity contribution < 1.29 is 9.59 Å². The second-order valence-electron chi connectivity index (χ2n) is 6.72. The van der Waals surface area contributed by atoms with E-state index in [1.165, 1.54) is 0 Å². The highest BCUT2D eigenvalue weighted by Gasteiger charge is 2.15. The predicted octanol–water partition coefficient (Wildman–Crippen LogP) is 3.37. The largest absolute Gasteiger partial charge is 0.336 e. The second-order valence-corrected chi connectivity index (χ2v) is 6.72. The van der Waals surface area contributed by atoms with Gasteiger partial charge in [-0.25, -0.2) is 0 Å². The summed E-state index contributed by atoms with van der Waals surface area (Å²) in [5.41, 5.74) is 8.74. The van der Waals surface area contributed by atoms with Gasteiger partial charge in [0, 0.05) is 25.2 Å². The van der Waals surface area contributed by atoms with Crippen molar-refractivity contribution in [1.82, 2.24) is 4.90 Å². The average Bonchev–Trinajstić information content (AvgIpc) is 2.61. The number of carbonyl (C=O) groups is 2. The van der Waals surface area contributed by atoms with E-state index in [2.05, 4.69) is 5.32 Å². The summed E-state index contributed by atoms with van der Waals surface area (Å²) >= 11 is 0. The van der Waals surface area contributed by atoms with Crippen molar-refractivity contribution in [3.05, 3.63) is 65.7 Å². The molecular formula is C21H28ClN3O2. The molecule has 2 amide bonds. The van der Waals surface area contributed by atoms with Gasteiger partial charge in [-0.05, 0) is 43.5 Å². The number of nitrogens with two attached hydrogens (primary N) is 1. The number of nitrogens with one attached hydrogen (secondary N) is 1. The van der Waals surface area contributed by atoms with Gasteiger partial charge in [0.05, 0.1) is 6.04 Å². The summed E-state index contributed by atoms with van der Waals surface area (Å²) in [5.74, 6) is -0.168. The van der Waals surface area contributed by atoms with Gasteiger partial charge in [0.15, 0.2) is 0 Å². The number of amides is 2. The van der Waals surface area contributed by atoms with Gasteiger partial charge in [-0.2, -0.15) is 0 Å². The third-order valence-electron chi connectivity index (χ3n) is 4.24.